The zero-order valence-corrected chi connectivity index (χ0v) is 10.6. The van der Waals surface area contributed by atoms with Gasteiger partial charge in [-0.05, 0) is 6.92 Å². The van der Waals surface area contributed by atoms with Gasteiger partial charge in [0.15, 0.2) is 0 Å². The van der Waals surface area contributed by atoms with Gasteiger partial charge in [-0.3, -0.25) is 19.3 Å². The third-order valence-electron chi connectivity index (χ3n) is 3.01. The number of hydrogen-bond donors (Lipinski definition) is 1. The lowest BCUT2D eigenvalue weighted by Gasteiger charge is -2.34. The maximum atomic E-state index is 11.8. The fourth-order valence-electron chi connectivity index (χ4n) is 1.75. The number of piperazine rings is 1. The first-order chi connectivity index (χ1) is 8.45. The van der Waals surface area contributed by atoms with Gasteiger partial charge in [0.25, 0.3) is 0 Å². The predicted octanol–water partition coefficient (Wildman–Crippen LogP) is -0.976. The molecule has 1 amide bonds. The third kappa shape index (κ3) is 3.69. The molecule has 1 aliphatic heterocycles. The third-order valence-corrected chi connectivity index (χ3v) is 3.01. The number of aliphatic carboxylic acids is 1. The number of carbonyl (C=O) groups excluding carboxylic acids is 2. The summed E-state index contributed by atoms with van der Waals surface area (Å²) in [6, 6.07) is 0. The SMILES string of the molecule is COC(=O)CN1CCN(C(=O)C(C)C(=O)O)CC1. The smallest absolute Gasteiger partial charge is 0.319 e. The van der Waals surface area contributed by atoms with E-state index < -0.39 is 11.9 Å². The summed E-state index contributed by atoms with van der Waals surface area (Å²) in [5.41, 5.74) is 0. The first kappa shape index (κ1) is 14.4. The van der Waals surface area contributed by atoms with Crippen LogP contribution in [0.5, 0.6) is 0 Å². The number of nitrogens with zero attached hydrogens (tertiary/aromatic N) is 2. The van der Waals surface area contributed by atoms with Crippen LogP contribution in [0.25, 0.3) is 0 Å². The Morgan fingerprint density at radius 1 is 1.22 bits per heavy atom. The van der Waals surface area contributed by atoms with Crippen molar-refractivity contribution in [3.63, 3.8) is 0 Å². The van der Waals surface area contributed by atoms with E-state index in [0.717, 1.165) is 0 Å². The monoisotopic (exact) mass is 258 g/mol. The Kier molecular flexibility index (Phi) is 5.08. The van der Waals surface area contributed by atoms with Gasteiger partial charge in [0.05, 0.1) is 13.7 Å². The number of rotatable bonds is 4. The van der Waals surface area contributed by atoms with Crippen LogP contribution in [0.3, 0.4) is 0 Å². The quantitative estimate of drug-likeness (QED) is 0.515. The second kappa shape index (κ2) is 6.34. The van der Waals surface area contributed by atoms with Gasteiger partial charge in [0.1, 0.15) is 5.92 Å². The van der Waals surface area contributed by atoms with Crippen molar-refractivity contribution in [2.24, 2.45) is 5.92 Å². The molecule has 0 aromatic heterocycles. The number of carboxylic acid groups (broad SMARTS) is 1. The van der Waals surface area contributed by atoms with E-state index >= 15 is 0 Å². The number of ether oxygens (including phenoxy) is 1. The van der Waals surface area contributed by atoms with Gasteiger partial charge >= 0.3 is 11.9 Å². The molecule has 7 heteroatoms. The molecule has 0 aromatic carbocycles. The molecule has 1 fully saturated rings. The average molecular weight is 258 g/mol. The number of amides is 1. The van der Waals surface area contributed by atoms with Crippen LogP contribution < -0.4 is 0 Å². The summed E-state index contributed by atoms with van der Waals surface area (Å²) < 4.78 is 4.56. The highest BCUT2D eigenvalue weighted by atomic mass is 16.5. The molecule has 1 heterocycles. The number of carboxylic acids is 1. The second-order valence-electron chi connectivity index (χ2n) is 4.24. The number of esters is 1. The van der Waals surface area contributed by atoms with Crippen molar-refractivity contribution in [1.29, 1.82) is 0 Å². The van der Waals surface area contributed by atoms with Gasteiger partial charge in [0.2, 0.25) is 5.91 Å². The van der Waals surface area contributed by atoms with Gasteiger partial charge < -0.3 is 14.7 Å². The Balaban J connectivity index is 2.42. The Morgan fingerprint density at radius 2 is 1.78 bits per heavy atom. The van der Waals surface area contributed by atoms with Crippen LogP contribution >= 0.6 is 0 Å². The second-order valence-corrected chi connectivity index (χ2v) is 4.24. The van der Waals surface area contributed by atoms with Crippen LogP contribution in [0.4, 0.5) is 0 Å². The van der Waals surface area contributed by atoms with Crippen LogP contribution in [0.2, 0.25) is 0 Å². The molecule has 0 bridgehead atoms. The number of methoxy groups -OCH3 is 1. The van der Waals surface area contributed by atoms with E-state index in [-0.39, 0.29) is 18.4 Å². The lowest BCUT2D eigenvalue weighted by molar-refractivity contribution is -0.151. The van der Waals surface area contributed by atoms with Gasteiger partial charge in [-0.25, -0.2) is 0 Å². The summed E-state index contributed by atoms with van der Waals surface area (Å²) in [4.78, 5) is 36.9. The van der Waals surface area contributed by atoms with Gasteiger partial charge in [-0.2, -0.15) is 0 Å². The molecule has 0 aliphatic carbocycles. The highest BCUT2D eigenvalue weighted by molar-refractivity contribution is 5.96. The van der Waals surface area contributed by atoms with Crippen molar-refractivity contribution in [2.75, 3.05) is 39.8 Å². The Labute approximate surface area is 105 Å². The normalized spacial score (nSPS) is 18.2. The maximum Gasteiger partial charge on any atom is 0.319 e. The van der Waals surface area contributed by atoms with Crippen molar-refractivity contribution in [2.45, 2.75) is 6.92 Å². The Hall–Kier alpha value is -1.63. The van der Waals surface area contributed by atoms with Crippen molar-refractivity contribution in [3.05, 3.63) is 0 Å². The van der Waals surface area contributed by atoms with Crippen LogP contribution in [0.15, 0.2) is 0 Å². The van der Waals surface area contributed by atoms with E-state index in [1.165, 1.54) is 18.9 Å². The van der Waals surface area contributed by atoms with Gasteiger partial charge in [0, 0.05) is 26.2 Å². The first-order valence-electron chi connectivity index (χ1n) is 5.76. The summed E-state index contributed by atoms with van der Waals surface area (Å²) >= 11 is 0. The van der Waals surface area contributed by atoms with E-state index in [4.69, 9.17) is 5.11 Å². The molecule has 0 radical (unpaired) electrons. The summed E-state index contributed by atoms with van der Waals surface area (Å²) in [6.45, 7) is 3.56. The lowest BCUT2D eigenvalue weighted by Crippen LogP contribution is -2.51. The molecule has 1 N–H and O–H groups in total. The Morgan fingerprint density at radius 3 is 2.22 bits per heavy atom. The minimum Gasteiger partial charge on any atom is -0.481 e. The van der Waals surface area contributed by atoms with E-state index in [1.807, 2.05) is 4.90 Å². The summed E-state index contributed by atoms with van der Waals surface area (Å²) in [5.74, 6) is -2.82. The van der Waals surface area contributed by atoms with Crippen molar-refractivity contribution in [1.82, 2.24) is 9.80 Å². The van der Waals surface area contributed by atoms with Gasteiger partial charge in [-0.1, -0.05) is 0 Å². The molecule has 7 nitrogen and oxygen atoms in total. The van der Waals surface area contributed by atoms with E-state index in [2.05, 4.69) is 4.74 Å². The fraction of sp³-hybridized carbons (Fsp3) is 0.727. The molecule has 1 aliphatic rings. The molecule has 1 rings (SSSR count). The summed E-state index contributed by atoms with van der Waals surface area (Å²) in [6.07, 6.45) is 0. The fourth-order valence-corrected chi connectivity index (χ4v) is 1.75. The minimum absolute atomic E-state index is 0.201. The molecular weight excluding hydrogens is 240 g/mol. The zero-order valence-electron chi connectivity index (χ0n) is 10.6. The van der Waals surface area contributed by atoms with Crippen molar-refractivity contribution >= 4 is 17.8 Å². The topological polar surface area (TPSA) is 87.2 Å². The first-order valence-corrected chi connectivity index (χ1v) is 5.76. The van der Waals surface area contributed by atoms with E-state index in [9.17, 15) is 14.4 Å². The van der Waals surface area contributed by atoms with Crippen LogP contribution in [-0.2, 0) is 19.1 Å². The van der Waals surface area contributed by atoms with Crippen molar-refractivity contribution < 1.29 is 24.2 Å². The highest BCUT2D eigenvalue weighted by Gasteiger charge is 2.29. The van der Waals surface area contributed by atoms with E-state index in [0.29, 0.717) is 26.2 Å². The Bertz CT molecular complexity index is 336. The molecular formula is C11H18N2O5. The van der Waals surface area contributed by atoms with Crippen molar-refractivity contribution in [3.8, 4) is 0 Å². The van der Waals surface area contributed by atoms with Gasteiger partial charge in [-0.15, -0.1) is 0 Å². The molecule has 1 unspecified atom stereocenters. The maximum absolute atomic E-state index is 11.8. The standard InChI is InChI=1S/C11H18N2O5/c1-8(11(16)17)10(15)13-5-3-12(4-6-13)7-9(14)18-2/h8H,3-7H2,1-2H3,(H,16,17). The largest absolute Gasteiger partial charge is 0.481 e. The summed E-state index contributed by atoms with van der Waals surface area (Å²) in [7, 11) is 1.33. The molecule has 1 saturated heterocycles. The molecule has 0 spiro atoms. The molecule has 0 aromatic rings. The van der Waals surface area contributed by atoms with Crippen LogP contribution in [0.1, 0.15) is 6.92 Å². The molecule has 102 valence electrons. The highest BCUT2D eigenvalue weighted by Crippen LogP contribution is 2.07. The van der Waals surface area contributed by atoms with E-state index in [1.54, 1.807) is 0 Å². The summed E-state index contributed by atoms with van der Waals surface area (Å²) in [5, 5.41) is 8.77. The molecule has 1 atom stereocenters. The minimum atomic E-state index is -1.11. The predicted molar refractivity (Wildman–Crippen MR) is 61.8 cm³/mol. The molecule has 0 saturated carbocycles. The van der Waals surface area contributed by atoms with Crippen LogP contribution in [0, 0.1) is 5.92 Å². The zero-order chi connectivity index (χ0) is 13.7. The van der Waals surface area contributed by atoms with Crippen LogP contribution in [-0.4, -0.2) is 72.6 Å². The molecule has 18 heavy (non-hydrogen) atoms. The lowest BCUT2D eigenvalue weighted by atomic mass is 10.1. The number of hydrogen-bond acceptors (Lipinski definition) is 5. The number of carbonyl (C=O) groups is 3. The average Bonchev–Trinajstić information content (AvgIpc) is 2.37.